The van der Waals surface area contributed by atoms with Crippen LogP contribution in [-0.4, -0.2) is 60.0 Å². The van der Waals surface area contributed by atoms with E-state index in [0.717, 1.165) is 38.3 Å². The molecule has 30 heavy (non-hydrogen) atoms. The smallest absolute Gasteiger partial charge is 0.387 e. The molecule has 3 aliphatic heterocycles. The normalized spacial score (nSPS) is 25.5. The van der Waals surface area contributed by atoms with Gasteiger partial charge in [0.2, 0.25) is 5.95 Å². The number of fused-ring (bicyclic) bond motifs is 2. The van der Waals surface area contributed by atoms with Gasteiger partial charge in [0, 0.05) is 37.5 Å². The molecular weight excluding hydrogens is 394 g/mol. The molecule has 0 radical (unpaired) electrons. The van der Waals surface area contributed by atoms with Crippen molar-refractivity contribution in [3.63, 3.8) is 0 Å². The topological polar surface area (TPSA) is 89.6 Å². The predicted molar refractivity (Wildman–Crippen MR) is 108 cm³/mol. The first kappa shape index (κ1) is 19.2. The molecular formula is C20H24F2N6O2. The van der Waals surface area contributed by atoms with E-state index < -0.39 is 6.61 Å². The van der Waals surface area contributed by atoms with Gasteiger partial charge in [-0.2, -0.15) is 13.8 Å². The number of pyridine rings is 1. The van der Waals surface area contributed by atoms with Crippen molar-refractivity contribution in [3.8, 4) is 17.0 Å². The summed E-state index contributed by atoms with van der Waals surface area (Å²) in [7, 11) is 0. The highest BCUT2D eigenvalue weighted by Gasteiger charge is 2.40. The highest BCUT2D eigenvalue weighted by atomic mass is 19.3. The maximum atomic E-state index is 12.7. The zero-order valence-corrected chi connectivity index (χ0v) is 16.7. The minimum atomic E-state index is -2.98. The molecule has 5 heterocycles. The molecule has 3 saturated heterocycles. The van der Waals surface area contributed by atoms with Crippen LogP contribution in [0.25, 0.3) is 11.3 Å². The summed E-state index contributed by atoms with van der Waals surface area (Å²) < 4.78 is 35.7. The molecule has 0 spiro atoms. The van der Waals surface area contributed by atoms with Crippen LogP contribution in [0.15, 0.2) is 18.3 Å². The number of morpholine rings is 1. The van der Waals surface area contributed by atoms with Crippen molar-refractivity contribution >= 4 is 17.6 Å². The molecule has 0 saturated carbocycles. The lowest BCUT2D eigenvalue weighted by molar-refractivity contribution is -0.0494. The number of nitrogens with zero attached hydrogens (tertiary/aromatic N) is 5. The number of rotatable bonds is 5. The molecule has 8 nitrogen and oxygen atoms in total. The number of ether oxygens (including phenoxy) is 2. The molecule has 2 bridgehead atoms. The fourth-order valence-electron chi connectivity index (χ4n) is 4.44. The molecule has 5 rings (SSSR count). The lowest BCUT2D eigenvalue weighted by Crippen LogP contribution is -2.38. The molecule has 3 aliphatic rings. The lowest BCUT2D eigenvalue weighted by Gasteiger charge is -2.29. The quantitative estimate of drug-likeness (QED) is 0.793. The Morgan fingerprint density at radius 1 is 1.27 bits per heavy atom. The molecule has 3 fully saturated rings. The molecule has 1 unspecified atom stereocenters. The summed E-state index contributed by atoms with van der Waals surface area (Å²) >= 11 is 0. The van der Waals surface area contributed by atoms with Crippen LogP contribution < -0.4 is 20.3 Å². The Bertz CT molecular complexity index is 946. The van der Waals surface area contributed by atoms with Crippen molar-refractivity contribution < 1.29 is 18.3 Å². The number of hydrogen-bond acceptors (Lipinski definition) is 8. The van der Waals surface area contributed by atoms with E-state index >= 15 is 0 Å². The SMILES string of the molecule is CC1CCN(c2nc(-c3cnc(N)c(OC(F)F)c3)cc(N3C[C@@H]4C[C@H]3CO4)n2)C1. The van der Waals surface area contributed by atoms with Crippen LogP contribution in [-0.2, 0) is 4.74 Å². The van der Waals surface area contributed by atoms with Crippen molar-refractivity contribution in [3.05, 3.63) is 18.3 Å². The summed E-state index contributed by atoms with van der Waals surface area (Å²) in [5.74, 6) is 1.78. The van der Waals surface area contributed by atoms with Gasteiger partial charge in [0.15, 0.2) is 11.6 Å². The standard InChI is InChI=1S/C20H24F2N6O2/c1-11-2-3-27(8-11)20-25-15(12-4-16(30-19(21)22)18(23)24-7-12)6-17(26-20)28-9-14-5-13(28)10-29-14/h4,6-7,11,13-14,19H,2-3,5,8-10H2,1H3,(H2,23,24)/t11?,13-,14-/m0/s1. The molecule has 0 aromatic carbocycles. The van der Waals surface area contributed by atoms with Gasteiger partial charge >= 0.3 is 6.61 Å². The fraction of sp³-hybridized carbons (Fsp3) is 0.550. The van der Waals surface area contributed by atoms with Crippen LogP contribution in [0.4, 0.5) is 26.4 Å². The van der Waals surface area contributed by atoms with Gasteiger partial charge in [-0.05, 0) is 24.8 Å². The summed E-state index contributed by atoms with van der Waals surface area (Å²) in [6.45, 7) is 2.48. The molecule has 0 amide bonds. The summed E-state index contributed by atoms with van der Waals surface area (Å²) in [5.41, 5.74) is 6.85. The van der Waals surface area contributed by atoms with E-state index in [9.17, 15) is 8.78 Å². The van der Waals surface area contributed by atoms with Crippen LogP contribution >= 0.6 is 0 Å². The van der Waals surface area contributed by atoms with Crippen molar-refractivity contribution in [2.45, 2.75) is 38.5 Å². The second-order valence-corrected chi connectivity index (χ2v) is 8.23. The molecule has 160 valence electrons. The van der Waals surface area contributed by atoms with E-state index in [1.165, 1.54) is 12.3 Å². The van der Waals surface area contributed by atoms with Gasteiger partial charge in [0.25, 0.3) is 0 Å². The van der Waals surface area contributed by atoms with E-state index in [0.29, 0.717) is 35.8 Å². The van der Waals surface area contributed by atoms with Crippen LogP contribution in [0, 0.1) is 5.92 Å². The van der Waals surface area contributed by atoms with Gasteiger partial charge in [0.1, 0.15) is 5.82 Å². The molecule has 0 aliphatic carbocycles. The van der Waals surface area contributed by atoms with E-state index in [4.69, 9.17) is 20.4 Å². The van der Waals surface area contributed by atoms with Crippen LogP contribution in [0.5, 0.6) is 5.75 Å². The second-order valence-electron chi connectivity index (χ2n) is 8.23. The molecule has 10 heteroatoms. The maximum absolute atomic E-state index is 12.7. The van der Waals surface area contributed by atoms with Gasteiger partial charge in [-0.3, -0.25) is 0 Å². The van der Waals surface area contributed by atoms with Crippen molar-refractivity contribution in [2.24, 2.45) is 5.92 Å². The number of nitrogen functional groups attached to an aromatic ring is 1. The highest BCUT2D eigenvalue weighted by Crippen LogP contribution is 2.35. The zero-order valence-electron chi connectivity index (χ0n) is 16.7. The summed E-state index contributed by atoms with van der Waals surface area (Å²) in [5, 5.41) is 0. The Kier molecular flexibility index (Phi) is 4.80. The third kappa shape index (κ3) is 3.60. The summed E-state index contributed by atoms with van der Waals surface area (Å²) in [4.78, 5) is 18.0. The van der Waals surface area contributed by atoms with E-state index in [-0.39, 0.29) is 17.7 Å². The molecule has 3 atom stereocenters. The molecule has 2 aromatic rings. The fourth-order valence-corrected chi connectivity index (χ4v) is 4.44. The first-order valence-electron chi connectivity index (χ1n) is 10.2. The number of halogens is 2. The maximum Gasteiger partial charge on any atom is 0.387 e. The van der Waals surface area contributed by atoms with Crippen molar-refractivity contribution in [2.75, 3.05) is 41.8 Å². The van der Waals surface area contributed by atoms with E-state index in [1.54, 1.807) is 0 Å². The zero-order chi connectivity index (χ0) is 20.8. The van der Waals surface area contributed by atoms with Crippen molar-refractivity contribution in [1.29, 1.82) is 0 Å². The Morgan fingerprint density at radius 3 is 2.80 bits per heavy atom. The van der Waals surface area contributed by atoms with Crippen LogP contribution in [0.1, 0.15) is 19.8 Å². The predicted octanol–water partition coefficient (Wildman–Crippen LogP) is 2.55. The second kappa shape index (κ2) is 7.50. The Morgan fingerprint density at radius 2 is 2.13 bits per heavy atom. The number of anilines is 3. The number of hydrogen-bond donors (Lipinski definition) is 1. The summed E-state index contributed by atoms with van der Waals surface area (Å²) in [6.07, 6.45) is 3.83. The number of aromatic nitrogens is 3. The number of nitrogens with two attached hydrogens (primary N) is 1. The molecule has 2 N–H and O–H groups in total. The van der Waals surface area contributed by atoms with Gasteiger partial charge in [-0.15, -0.1) is 0 Å². The number of alkyl halides is 2. The first-order chi connectivity index (χ1) is 14.5. The highest BCUT2D eigenvalue weighted by molar-refractivity contribution is 5.68. The van der Waals surface area contributed by atoms with Crippen molar-refractivity contribution in [1.82, 2.24) is 15.0 Å². The van der Waals surface area contributed by atoms with Crippen LogP contribution in [0.2, 0.25) is 0 Å². The summed E-state index contributed by atoms with van der Waals surface area (Å²) in [6, 6.07) is 3.63. The van der Waals surface area contributed by atoms with Gasteiger partial charge in [-0.1, -0.05) is 6.92 Å². The monoisotopic (exact) mass is 418 g/mol. The first-order valence-corrected chi connectivity index (χ1v) is 10.2. The third-order valence-electron chi connectivity index (χ3n) is 6.00. The van der Waals surface area contributed by atoms with Gasteiger partial charge in [0.05, 0.1) is 24.4 Å². The molecule has 2 aromatic heterocycles. The van der Waals surface area contributed by atoms with Gasteiger partial charge in [-0.25, -0.2) is 9.97 Å². The Balaban J connectivity index is 1.55. The lowest BCUT2D eigenvalue weighted by atomic mass is 10.2. The third-order valence-corrected chi connectivity index (χ3v) is 6.00. The minimum Gasteiger partial charge on any atom is -0.431 e. The van der Waals surface area contributed by atoms with E-state index in [1.807, 2.05) is 6.07 Å². The largest absolute Gasteiger partial charge is 0.431 e. The Labute approximate surface area is 173 Å². The average Bonchev–Trinajstić information content (AvgIpc) is 3.46. The van der Waals surface area contributed by atoms with E-state index in [2.05, 4.69) is 26.4 Å². The van der Waals surface area contributed by atoms with Crippen LogP contribution in [0.3, 0.4) is 0 Å². The average molecular weight is 418 g/mol. The Hall–Kier alpha value is -2.75. The minimum absolute atomic E-state index is 0.0871. The van der Waals surface area contributed by atoms with Gasteiger partial charge < -0.3 is 25.0 Å².